The summed E-state index contributed by atoms with van der Waals surface area (Å²) in [5.74, 6) is 1.61. The molecular formula is C15H28N2O. The molecule has 2 aliphatic rings. The van der Waals surface area contributed by atoms with Crippen LogP contribution in [0.1, 0.15) is 52.4 Å². The smallest absolute Gasteiger partial charge is 0.223 e. The molecule has 0 aromatic heterocycles. The van der Waals surface area contributed by atoms with Gasteiger partial charge in [-0.25, -0.2) is 0 Å². The van der Waals surface area contributed by atoms with Crippen LogP contribution in [0.2, 0.25) is 0 Å². The molecule has 0 aromatic carbocycles. The normalized spacial score (nSPS) is 31.1. The van der Waals surface area contributed by atoms with Gasteiger partial charge in [0.2, 0.25) is 5.91 Å². The van der Waals surface area contributed by atoms with E-state index in [2.05, 4.69) is 24.1 Å². The Balaban J connectivity index is 1.81. The van der Waals surface area contributed by atoms with E-state index >= 15 is 0 Å². The summed E-state index contributed by atoms with van der Waals surface area (Å²) in [7, 11) is 0. The molecule has 2 heterocycles. The average molecular weight is 252 g/mol. The first kappa shape index (κ1) is 13.9. The second kappa shape index (κ2) is 6.55. The van der Waals surface area contributed by atoms with Gasteiger partial charge in [0.25, 0.3) is 0 Å². The number of hydrogen-bond donors (Lipinski definition) is 1. The van der Waals surface area contributed by atoms with Crippen molar-refractivity contribution in [1.29, 1.82) is 0 Å². The van der Waals surface area contributed by atoms with Crippen LogP contribution in [0.5, 0.6) is 0 Å². The first-order valence-corrected chi connectivity index (χ1v) is 7.68. The van der Waals surface area contributed by atoms with E-state index in [4.69, 9.17) is 0 Å². The lowest BCUT2D eigenvalue weighted by atomic mass is 9.85. The van der Waals surface area contributed by atoms with Crippen LogP contribution in [-0.4, -0.2) is 36.5 Å². The predicted octanol–water partition coefficient (Wildman–Crippen LogP) is 2.41. The van der Waals surface area contributed by atoms with E-state index in [1.807, 2.05) is 0 Å². The monoisotopic (exact) mass is 252 g/mol. The molecule has 104 valence electrons. The van der Waals surface area contributed by atoms with Crippen molar-refractivity contribution < 1.29 is 4.79 Å². The van der Waals surface area contributed by atoms with Crippen LogP contribution in [0.3, 0.4) is 0 Å². The third-order valence-electron chi connectivity index (χ3n) is 4.76. The third kappa shape index (κ3) is 3.47. The average Bonchev–Trinajstić information content (AvgIpc) is 2.40. The molecular weight excluding hydrogens is 224 g/mol. The maximum Gasteiger partial charge on any atom is 0.223 e. The molecule has 0 bridgehead atoms. The van der Waals surface area contributed by atoms with Gasteiger partial charge in [0.05, 0.1) is 0 Å². The van der Waals surface area contributed by atoms with Gasteiger partial charge in [-0.05, 0) is 64.0 Å². The largest absolute Gasteiger partial charge is 0.340 e. The minimum absolute atomic E-state index is 0.389. The zero-order valence-electron chi connectivity index (χ0n) is 12.0. The molecule has 3 heteroatoms. The fourth-order valence-corrected chi connectivity index (χ4v) is 3.39. The van der Waals surface area contributed by atoms with E-state index in [9.17, 15) is 4.79 Å². The molecule has 18 heavy (non-hydrogen) atoms. The number of nitrogens with zero attached hydrogens (tertiary/aromatic N) is 1. The Morgan fingerprint density at radius 3 is 2.83 bits per heavy atom. The molecule has 0 saturated carbocycles. The highest BCUT2D eigenvalue weighted by molar-refractivity contribution is 5.76. The highest BCUT2D eigenvalue weighted by Gasteiger charge is 2.27. The van der Waals surface area contributed by atoms with Gasteiger partial charge in [-0.2, -0.15) is 0 Å². The number of rotatable bonds is 3. The van der Waals surface area contributed by atoms with E-state index in [-0.39, 0.29) is 0 Å². The van der Waals surface area contributed by atoms with Crippen LogP contribution in [-0.2, 0) is 4.79 Å². The quantitative estimate of drug-likeness (QED) is 0.836. The van der Waals surface area contributed by atoms with E-state index in [0.29, 0.717) is 23.8 Å². The summed E-state index contributed by atoms with van der Waals surface area (Å²) < 4.78 is 0. The number of carbonyl (C=O) groups excluding carboxylic acids is 1. The van der Waals surface area contributed by atoms with Crippen molar-refractivity contribution in [2.24, 2.45) is 11.8 Å². The second-order valence-electron chi connectivity index (χ2n) is 6.22. The van der Waals surface area contributed by atoms with Crippen LogP contribution in [0, 0.1) is 11.8 Å². The molecule has 3 atom stereocenters. The lowest BCUT2D eigenvalue weighted by Crippen LogP contribution is -2.43. The summed E-state index contributed by atoms with van der Waals surface area (Å²) in [6, 6.07) is 0.461. The van der Waals surface area contributed by atoms with Gasteiger partial charge < -0.3 is 10.2 Å². The lowest BCUT2D eigenvalue weighted by molar-refractivity contribution is -0.135. The summed E-state index contributed by atoms with van der Waals surface area (Å²) in [4.78, 5) is 14.5. The van der Waals surface area contributed by atoms with Gasteiger partial charge in [-0.1, -0.05) is 6.92 Å². The molecule has 3 nitrogen and oxygen atoms in total. The number of piperidine rings is 2. The minimum atomic E-state index is 0.389. The Hall–Kier alpha value is -0.570. The predicted molar refractivity (Wildman–Crippen MR) is 74.4 cm³/mol. The standard InChI is InChI=1S/C15H28N2O/c1-12(14-7-5-8-16-11-14)10-15(18)17-9-4-3-6-13(17)2/h12-14,16H,3-11H2,1-2H3. The Kier molecular flexibility index (Phi) is 5.04. The zero-order valence-corrected chi connectivity index (χ0v) is 12.0. The van der Waals surface area contributed by atoms with Crippen LogP contribution in [0.25, 0.3) is 0 Å². The zero-order chi connectivity index (χ0) is 13.0. The Morgan fingerprint density at radius 2 is 2.17 bits per heavy atom. The van der Waals surface area contributed by atoms with Crippen LogP contribution >= 0.6 is 0 Å². The van der Waals surface area contributed by atoms with Gasteiger partial charge in [-0.15, -0.1) is 0 Å². The van der Waals surface area contributed by atoms with E-state index in [1.165, 1.54) is 32.1 Å². The summed E-state index contributed by atoms with van der Waals surface area (Å²) in [6.07, 6.45) is 6.96. The molecule has 2 fully saturated rings. The molecule has 0 aliphatic carbocycles. The molecule has 2 rings (SSSR count). The van der Waals surface area contributed by atoms with Crippen molar-refractivity contribution in [2.75, 3.05) is 19.6 Å². The second-order valence-corrected chi connectivity index (χ2v) is 6.22. The number of carbonyl (C=O) groups is 1. The number of likely N-dealkylation sites (tertiary alicyclic amines) is 1. The first-order chi connectivity index (χ1) is 8.68. The van der Waals surface area contributed by atoms with E-state index < -0.39 is 0 Å². The first-order valence-electron chi connectivity index (χ1n) is 7.68. The highest BCUT2D eigenvalue weighted by Crippen LogP contribution is 2.25. The topological polar surface area (TPSA) is 32.3 Å². The van der Waals surface area contributed by atoms with Crippen molar-refractivity contribution in [3.8, 4) is 0 Å². The van der Waals surface area contributed by atoms with Gasteiger partial charge in [-0.3, -0.25) is 4.79 Å². The van der Waals surface area contributed by atoms with Gasteiger partial charge >= 0.3 is 0 Å². The SMILES string of the molecule is CC(CC(=O)N1CCCCC1C)C1CCCNC1. The molecule has 2 saturated heterocycles. The Bertz CT molecular complexity index is 274. The van der Waals surface area contributed by atoms with Gasteiger partial charge in [0, 0.05) is 19.0 Å². The van der Waals surface area contributed by atoms with Crippen molar-refractivity contribution in [1.82, 2.24) is 10.2 Å². The molecule has 1 amide bonds. The van der Waals surface area contributed by atoms with Crippen molar-refractivity contribution in [3.63, 3.8) is 0 Å². The van der Waals surface area contributed by atoms with Crippen LogP contribution in [0.15, 0.2) is 0 Å². The Labute approximate surface area is 111 Å². The summed E-state index contributed by atoms with van der Waals surface area (Å²) in [5, 5.41) is 3.45. The lowest BCUT2D eigenvalue weighted by Gasteiger charge is -2.35. The highest BCUT2D eigenvalue weighted by atomic mass is 16.2. The van der Waals surface area contributed by atoms with E-state index in [1.54, 1.807) is 0 Å². The number of hydrogen-bond acceptors (Lipinski definition) is 2. The van der Waals surface area contributed by atoms with Crippen LogP contribution < -0.4 is 5.32 Å². The van der Waals surface area contributed by atoms with Crippen LogP contribution in [0.4, 0.5) is 0 Å². The molecule has 0 aromatic rings. The summed E-state index contributed by atoms with van der Waals surface area (Å²) in [5.41, 5.74) is 0. The molecule has 3 unspecified atom stereocenters. The maximum atomic E-state index is 12.4. The fourth-order valence-electron chi connectivity index (χ4n) is 3.39. The minimum Gasteiger partial charge on any atom is -0.340 e. The fraction of sp³-hybridized carbons (Fsp3) is 0.933. The summed E-state index contributed by atoms with van der Waals surface area (Å²) in [6.45, 7) is 7.69. The molecule has 2 aliphatic heterocycles. The van der Waals surface area contributed by atoms with Gasteiger partial charge in [0.1, 0.15) is 0 Å². The maximum absolute atomic E-state index is 12.4. The van der Waals surface area contributed by atoms with E-state index in [0.717, 1.165) is 26.1 Å². The number of nitrogens with one attached hydrogen (secondary N) is 1. The van der Waals surface area contributed by atoms with Crippen molar-refractivity contribution in [2.45, 2.75) is 58.4 Å². The van der Waals surface area contributed by atoms with Crippen molar-refractivity contribution in [3.05, 3.63) is 0 Å². The number of amides is 1. The Morgan fingerprint density at radius 1 is 1.33 bits per heavy atom. The summed E-state index contributed by atoms with van der Waals surface area (Å²) >= 11 is 0. The molecule has 0 radical (unpaired) electrons. The van der Waals surface area contributed by atoms with Gasteiger partial charge in [0.15, 0.2) is 0 Å². The molecule has 1 N–H and O–H groups in total. The van der Waals surface area contributed by atoms with Crippen molar-refractivity contribution >= 4 is 5.91 Å². The molecule has 0 spiro atoms. The third-order valence-corrected chi connectivity index (χ3v) is 4.76.